The fourth-order valence-electron chi connectivity index (χ4n) is 13.3. The van der Waals surface area contributed by atoms with E-state index in [4.69, 9.17) is 0 Å². The van der Waals surface area contributed by atoms with Crippen molar-refractivity contribution in [3.8, 4) is 0 Å². The van der Waals surface area contributed by atoms with Gasteiger partial charge in [-0.3, -0.25) is 0 Å². The van der Waals surface area contributed by atoms with E-state index >= 15 is 0 Å². The van der Waals surface area contributed by atoms with Crippen molar-refractivity contribution in [3.63, 3.8) is 0 Å². The Morgan fingerprint density at radius 3 is 0.837 bits per heavy atom. The van der Waals surface area contributed by atoms with E-state index in [1.54, 1.807) is 48.5 Å². The van der Waals surface area contributed by atoms with E-state index in [0.717, 1.165) is 164 Å². The van der Waals surface area contributed by atoms with Crippen molar-refractivity contribution in [1.29, 1.82) is 0 Å². The van der Waals surface area contributed by atoms with Crippen LogP contribution in [0.15, 0.2) is 182 Å². The van der Waals surface area contributed by atoms with E-state index < -0.39 is 81.4 Å². The number of fused-ring (bicyclic) bond motifs is 10. The Labute approximate surface area is 594 Å². The van der Waals surface area contributed by atoms with Crippen LogP contribution in [-0.4, -0.2) is 0 Å². The van der Waals surface area contributed by atoms with Crippen molar-refractivity contribution in [3.05, 3.63) is 297 Å². The molecule has 0 saturated carbocycles. The van der Waals surface area contributed by atoms with Gasteiger partial charge in [0.05, 0.1) is 0 Å². The molecule has 0 bridgehead atoms. The first-order valence-corrected chi connectivity index (χ1v) is 35.3. The number of aryl methyl sites for hydroxylation is 6. The molecule has 15 rings (SSSR count). The first kappa shape index (κ1) is 75.1. The van der Waals surface area contributed by atoms with E-state index in [2.05, 4.69) is 45.9 Å². The zero-order chi connectivity index (χ0) is 74.2. The van der Waals surface area contributed by atoms with E-state index in [9.17, 15) is 61.5 Å². The summed E-state index contributed by atoms with van der Waals surface area (Å²) < 4.78 is 190. The molecular weight excluding hydrogens is 1350 g/mol. The van der Waals surface area contributed by atoms with Crippen LogP contribution in [0, 0.1) is 88.4 Å². The van der Waals surface area contributed by atoms with Crippen LogP contribution in [0.1, 0.15) is 126 Å². The van der Waals surface area contributed by atoms with Gasteiger partial charge in [0.25, 0.3) is 0 Å². The predicted molar refractivity (Wildman–Crippen MR) is 400 cm³/mol. The summed E-state index contributed by atoms with van der Waals surface area (Å²) in [4.78, 5) is 0. The smallest absolute Gasteiger partial charge is 0.195 e. The van der Waals surface area contributed by atoms with Crippen LogP contribution in [-0.2, 0) is 32.1 Å². The fourth-order valence-corrected chi connectivity index (χ4v) is 13.3. The average Bonchev–Trinajstić information content (AvgIpc) is 0.798. The molecule has 0 aliphatic carbocycles. The summed E-state index contributed by atoms with van der Waals surface area (Å²) in [6.07, 6.45) is 14.2. The number of rotatable bonds is 14. The van der Waals surface area contributed by atoms with Crippen molar-refractivity contribution in [2.45, 2.75) is 131 Å². The van der Waals surface area contributed by atoms with Crippen LogP contribution >= 0.6 is 0 Å². The molecule has 0 saturated heterocycles. The Kier molecular flexibility index (Phi) is 23.9. The number of hydrogen-bond acceptors (Lipinski definition) is 0. The monoisotopic (exact) mass is 1420 g/mol. The normalized spacial score (nSPS) is 11.4. The third-order valence-corrected chi connectivity index (χ3v) is 19.1. The minimum Gasteiger partial charge on any atom is -0.204 e. The lowest BCUT2D eigenvalue weighted by Gasteiger charge is -2.10. The summed E-state index contributed by atoms with van der Waals surface area (Å²) in [6, 6.07) is 52.5. The first-order chi connectivity index (χ1) is 50.0. The molecule has 14 heteroatoms. The van der Waals surface area contributed by atoms with E-state index in [0.29, 0.717) is 38.9 Å². The fraction of sp³-hybridized carbons (Fsp3) is 0.222. The second-order valence-electron chi connectivity index (χ2n) is 26.7. The van der Waals surface area contributed by atoms with Crippen molar-refractivity contribution >= 4 is 108 Å². The standard InChI is InChI=1S/C24H28F2.C18H15F3.C17H13F3.C16H11F3.C15H9F3/c1-3-5-7-9-17-11-12-18-14-21-15-19(10-8-6-4-2)23(25)24(26)22(21)16-20(18)13-17;1-2-3-4-11-5-6-12-8-14-10-16(19)18(21)17(20)15(14)9-13(12)7-11;1-2-3-10-4-5-11-7-13-9-15(18)17(20)16(19)14(13)8-12(11)6-10;1-2-9-3-4-10-6-12-8-14(17)16(19)15(18)13(12)7-11(10)5-9;1-8-2-3-9-5-11-7-13(16)15(18)14(17)12(11)6-10(9)4-8/h11-16H,3-10H2,1-2H3;5-10H,2-4H2,1H3;4-9H,2-3H2,1H3;3-8H,2H2,1H3;2-7H,1H3. The topological polar surface area (TPSA) is 0 Å². The van der Waals surface area contributed by atoms with Crippen LogP contribution in [0.4, 0.5) is 61.5 Å². The maximum atomic E-state index is 14.7. The molecule has 534 valence electrons. The SMILES string of the molecule is CCCCCc1ccc2cc3cc(CCCCC)c(F)c(F)c3cc2c1.CCCCc1ccc2cc3cc(F)c(F)c(F)c3cc2c1.CCCc1ccc2cc3cc(F)c(F)c(F)c3cc2c1.CCc1ccc2cc3cc(F)c(F)c(F)c3cc2c1.Cc1ccc2cc3cc(F)c(F)c(F)c3cc2c1. The number of halogens is 14. The molecule has 0 aliphatic rings. The molecule has 0 aromatic heterocycles. The largest absolute Gasteiger partial charge is 0.204 e. The summed E-state index contributed by atoms with van der Waals surface area (Å²) in [6.45, 7) is 12.5. The summed E-state index contributed by atoms with van der Waals surface area (Å²) in [5.74, 6) is -16.2. The van der Waals surface area contributed by atoms with Gasteiger partial charge in [-0.25, -0.2) is 61.5 Å². The highest BCUT2D eigenvalue weighted by molar-refractivity contribution is 6.03. The second-order valence-corrected chi connectivity index (χ2v) is 26.7. The van der Waals surface area contributed by atoms with Crippen molar-refractivity contribution in [2.75, 3.05) is 0 Å². The van der Waals surface area contributed by atoms with Gasteiger partial charge in [0, 0.05) is 26.9 Å². The van der Waals surface area contributed by atoms with Crippen LogP contribution in [0.25, 0.3) is 108 Å². The molecule has 0 atom stereocenters. The third-order valence-electron chi connectivity index (χ3n) is 19.1. The van der Waals surface area contributed by atoms with Crippen LogP contribution < -0.4 is 0 Å². The van der Waals surface area contributed by atoms with Crippen LogP contribution in [0.3, 0.4) is 0 Å². The Morgan fingerprint density at radius 1 is 0.202 bits per heavy atom. The maximum absolute atomic E-state index is 14.7. The van der Waals surface area contributed by atoms with Gasteiger partial charge in [0.1, 0.15) is 0 Å². The Balaban J connectivity index is 0.000000131. The van der Waals surface area contributed by atoms with Gasteiger partial charge < -0.3 is 0 Å². The first-order valence-electron chi connectivity index (χ1n) is 35.3. The van der Waals surface area contributed by atoms with Gasteiger partial charge in [0.2, 0.25) is 0 Å². The summed E-state index contributed by atoms with van der Waals surface area (Å²) in [5, 5.41) is 12.1. The lowest BCUT2D eigenvalue weighted by molar-refractivity contribution is 0.453. The molecule has 15 aromatic carbocycles. The Morgan fingerprint density at radius 2 is 0.490 bits per heavy atom. The second kappa shape index (κ2) is 33.1. The zero-order valence-electron chi connectivity index (χ0n) is 58.5. The van der Waals surface area contributed by atoms with Crippen molar-refractivity contribution in [2.24, 2.45) is 0 Å². The van der Waals surface area contributed by atoms with Gasteiger partial charge in [-0.15, -0.1) is 0 Å². The molecule has 0 spiro atoms. The van der Waals surface area contributed by atoms with Crippen LogP contribution in [0.2, 0.25) is 0 Å². The quantitative estimate of drug-likeness (QED) is 0.0441. The van der Waals surface area contributed by atoms with E-state index in [-0.39, 0.29) is 21.5 Å². The van der Waals surface area contributed by atoms with E-state index in [1.807, 2.05) is 105 Å². The lowest BCUT2D eigenvalue weighted by Crippen LogP contribution is -1.97. The minimum atomic E-state index is -1.42. The Bertz CT molecular complexity index is 5720. The number of hydrogen-bond donors (Lipinski definition) is 0. The average molecular weight is 1420 g/mol. The minimum absolute atomic E-state index is 0.104. The number of benzene rings is 15. The molecule has 0 amide bonds. The zero-order valence-corrected chi connectivity index (χ0v) is 58.5. The highest BCUT2D eigenvalue weighted by atomic mass is 19.2. The summed E-state index contributed by atoms with van der Waals surface area (Å²) in [5.41, 5.74) is 6.25. The van der Waals surface area contributed by atoms with Gasteiger partial charge in [0.15, 0.2) is 81.4 Å². The highest BCUT2D eigenvalue weighted by Crippen LogP contribution is 2.35. The summed E-state index contributed by atoms with van der Waals surface area (Å²) >= 11 is 0. The van der Waals surface area contributed by atoms with Gasteiger partial charge in [-0.1, -0.05) is 170 Å². The molecular formula is C90H76F14. The lowest BCUT2D eigenvalue weighted by atomic mass is 9.96. The van der Waals surface area contributed by atoms with Gasteiger partial charge in [-0.2, -0.15) is 0 Å². The van der Waals surface area contributed by atoms with Gasteiger partial charge in [-0.05, 0) is 258 Å². The van der Waals surface area contributed by atoms with Crippen molar-refractivity contribution < 1.29 is 61.5 Å². The maximum Gasteiger partial charge on any atom is 0.195 e. The molecule has 0 fully saturated rings. The molecule has 0 radical (unpaired) electrons. The van der Waals surface area contributed by atoms with Crippen molar-refractivity contribution in [1.82, 2.24) is 0 Å². The number of unbranched alkanes of at least 4 members (excludes halogenated alkanes) is 5. The Hall–Kier alpha value is -10.1. The molecule has 0 N–H and O–H groups in total. The predicted octanol–water partition coefficient (Wildman–Crippen LogP) is 28.5. The molecule has 0 nitrogen and oxygen atoms in total. The van der Waals surface area contributed by atoms with E-state index in [1.165, 1.54) is 30.4 Å². The molecule has 104 heavy (non-hydrogen) atoms. The van der Waals surface area contributed by atoms with Crippen LogP contribution in [0.5, 0.6) is 0 Å². The molecule has 0 heterocycles. The highest BCUT2D eigenvalue weighted by Gasteiger charge is 2.20. The molecule has 15 aromatic rings. The molecule has 0 unspecified atom stereocenters. The third kappa shape index (κ3) is 16.6. The van der Waals surface area contributed by atoms with Gasteiger partial charge >= 0.3 is 0 Å². The molecule has 0 aliphatic heterocycles. The summed E-state index contributed by atoms with van der Waals surface area (Å²) in [7, 11) is 0.